The summed E-state index contributed by atoms with van der Waals surface area (Å²) in [5, 5.41) is 0.387. The molecule has 0 aromatic carbocycles. The third-order valence-electron chi connectivity index (χ3n) is 1.51. The predicted octanol–water partition coefficient (Wildman–Crippen LogP) is 1.98. The lowest BCUT2D eigenvalue weighted by Gasteiger charge is -1.97. The summed E-state index contributed by atoms with van der Waals surface area (Å²) in [5.74, 6) is 5.50. The van der Waals surface area contributed by atoms with Gasteiger partial charge in [-0.1, -0.05) is 23.4 Å². The Morgan fingerprint density at radius 2 is 2.46 bits per heavy atom. The number of rotatable bonds is 1. The number of aldehydes is 1. The molecule has 0 aliphatic carbocycles. The molecule has 0 aliphatic heterocycles. The molecule has 13 heavy (non-hydrogen) atoms. The molecule has 0 aliphatic rings. The smallest absolute Gasteiger partial charge is 0.144 e. The molecule has 1 aromatic heterocycles. The molecule has 3 heteroatoms. The normalized spacial score (nSPS) is 8.77. The van der Waals surface area contributed by atoms with Gasteiger partial charge in [0, 0.05) is 6.20 Å². The standard InChI is InChI=1S/C10H8ClNO/c1-8-5-6-12-10(11)9(8)4-2-3-7-13/h5-7H,3H2,1H3. The Balaban J connectivity index is 3.01. The van der Waals surface area contributed by atoms with E-state index in [1.807, 2.05) is 13.0 Å². The maximum absolute atomic E-state index is 10.0. The average molecular weight is 194 g/mol. The van der Waals surface area contributed by atoms with Gasteiger partial charge >= 0.3 is 0 Å². The molecular weight excluding hydrogens is 186 g/mol. The highest BCUT2D eigenvalue weighted by Crippen LogP contribution is 2.14. The third-order valence-corrected chi connectivity index (χ3v) is 1.80. The van der Waals surface area contributed by atoms with Crippen molar-refractivity contribution in [3.8, 4) is 11.8 Å². The molecule has 0 unspecified atom stereocenters. The van der Waals surface area contributed by atoms with Gasteiger partial charge in [0.25, 0.3) is 0 Å². The Morgan fingerprint density at radius 1 is 1.69 bits per heavy atom. The third kappa shape index (κ3) is 2.57. The molecule has 0 amide bonds. The lowest BCUT2D eigenvalue weighted by molar-refractivity contribution is -0.107. The van der Waals surface area contributed by atoms with E-state index >= 15 is 0 Å². The minimum atomic E-state index is 0.227. The Kier molecular flexibility index (Phi) is 3.48. The van der Waals surface area contributed by atoms with Crippen LogP contribution < -0.4 is 0 Å². The number of carbonyl (C=O) groups is 1. The van der Waals surface area contributed by atoms with E-state index in [0.29, 0.717) is 10.7 Å². The largest absolute Gasteiger partial charge is 0.302 e. The maximum Gasteiger partial charge on any atom is 0.144 e. The van der Waals surface area contributed by atoms with Crippen LogP contribution in [0, 0.1) is 18.8 Å². The predicted molar refractivity (Wildman–Crippen MR) is 51.5 cm³/mol. The van der Waals surface area contributed by atoms with Crippen molar-refractivity contribution in [3.05, 3.63) is 28.5 Å². The van der Waals surface area contributed by atoms with Crippen LogP contribution in [0.25, 0.3) is 0 Å². The van der Waals surface area contributed by atoms with Gasteiger partial charge in [-0.15, -0.1) is 0 Å². The van der Waals surface area contributed by atoms with E-state index in [1.165, 1.54) is 0 Å². The molecule has 0 bridgehead atoms. The van der Waals surface area contributed by atoms with E-state index in [0.717, 1.165) is 11.8 Å². The molecule has 1 rings (SSSR count). The number of aromatic nitrogens is 1. The van der Waals surface area contributed by atoms with Crippen LogP contribution in [-0.2, 0) is 4.79 Å². The maximum atomic E-state index is 10.0. The fraction of sp³-hybridized carbons (Fsp3) is 0.200. The number of aryl methyl sites for hydroxylation is 1. The molecule has 0 fully saturated rings. The summed E-state index contributed by atoms with van der Waals surface area (Å²) in [7, 11) is 0. The van der Waals surface area contributed by atoms with Crippen LogP contribution in [0.2, 0.25) is 5.15 Å². The van der Waals surface area contributed by atoms with E-state index in [9.17, 15) is 4.79 Å². The lowest BCUT2D eigenvalue weighted by atomic mass is 10.1. The second-order valence-corrected chi connectivity index (χ2v) is 2.82. The molecule has 66 valence electrons. The molecule has 0 radical (unpaired) electrons. The molecule has 0 spiro atoms. The minimum Gasteiger partial charge on any atom is -0.302 e. The fourth-order valence-corrected chi connectivity index (χ4v) is 1.11. The van der Waals surface area contributed by atoms with Gasteiger partial charge in [-0.3, -0.25) is 0 Å². The summed E-state index contributed by atoms with van der Waals surface area (Å²) >= 11 is 5.81. The van der Waals surface area contributed by atoms with Crippen molar-refractivity contribution in [1.82, 2.24) is 4.98 Å². The first kappa shape index (κ1) is 9.76. The van der Waals surface area contributed by atoms with Gasteiger partial charge in [0.05, 0.1) is 12.0 Å². The van der Waals surface area contributed by atoms with E-state index in [4.69, 9.17) is 11.6 Å². The second kappa shape index (κ2) is 4.64. The number of hydrogen-bond donors (Lipinski definition) is 0. The van der Waals surface area contributed by atoms with Crippen LogP contribution in [0.4, 0.5) is 0 Å². The van der Waals surface area contributed by atoms with Gasteiger partial charge in [-0.25, -0.2) is 4.98 Å². The van der Waals surface area contributed by atoms with Crippen LogP contribution in [0.5, 0.6) is 0 Å². The summed E-state index contributed by atoms with van der Waals surface area (Å²) < 4.78 is 0. The van der Waals surface area contributed by atoms with Crippen molar-refractivity contribution < 1.29 is 4.79 Å². The van der Waals surface area contributed by atoms with Crippen LogP contribution in [0.15, 0.2) is 12.3 Å². The summed E-state index contributed by atoms with van der Waals surface area (Å²) in [6.45, 7) is 1.90. The lowest BCUT2D eigenvalue weighted by Crippen LogP contribution is -1.86. The van der Waals surface area contributed by atoms with Crippen LogP contribution in [-0.4, -0.2) is 11.3 Å². The van der Waals surface area contributed by atoms with E-state index in [-0.39, 0.29) is 6.42 Å². The second-order valence-electron chi connectivity index (χ2n) is 2.47. The highest BCUT2D eigenvalue weighted by molar-refractivity contribution is 6.30. The SMILES string of the molecule is Cc1ccnc(Cl)c1C#CCC=O. The number of carbonyl (C=O) groups excluding carboxylic acids is 1. The fourth-order valence-electron chi connectivity index (χ4n) is 0.856. The zero-order chi connectivity index (χ0) is 9.68. The van der Waals surface area contributed by atoms with Gasteiger partial charge < -0.3 is 4.79 Å². The number of hydrogen-bond acceptors (Lipinski definition) is 2. The van der Waals surface area contributed by atoms with Crippen LogP contribution in [0.3, 0.4) is 0 Å². The Bertz CT molecular complexity index is 356. The molecule has 2 nitrogen and oxygen atoms in total. The molecule has 0 saturated heterocycles. The summed E-state index contributed by atoms with van der Waals surface area (Å²) in [4.78, 5) is 13.9. The zero-order valence-electron chi connectivity index (χ0n) is 7.17. The van der Waals surface area contributed by atoms with E-state index in [1.54, 1.807) is 6.20 Å². The van der Waals surface area contributed by atoms with Crippen molar-refractivity contribution in [2.75, 3.05) is 0 Å². The molecule has 0 atom stereocenters. The van der Waals surface area contributed by atoms with Crippen molar-refractivity contribution in [1.29, 1.82) is 0 Å². The molecule has 1 aromatic rings. The van der Waals surface area contributed by atoms with Crippen molar-refractivity contribution in [2.45, 2.75) is 13.3 Å². The zero-order valence-corrected chi connectivity index (χ0v) is 7.93. The van der Waals surface area contributed by atoms with Gasteiger partial charge in [0.2, 0.25) is 0 Å². The molecule has 0 saturated carbocycles. The van der Waals surface area contributed by atoms with Gasteiger partial charge in [0.1, 0.15) is 11.4 Å². The summed E-state index contributed by atoms with van der Waals surface area (Å²) in [6.07, 6.45) is 2.61. The summed E-state index contributed by atoms with van der Waals surface area (Å²) in [6, 6.07) is 1.83. The van der Waals surface area contributed by atoms with Gasteiger partial charge in [-0.2, -0.15) is 0 Å². The minimum absolute atomic E-state index is 0.227. The van der Waals surface area contributed by atoms with Crippen molar-refractivity contribution in [3.63, 3.8) is 0 Å². The molecular formula is C10H8ClNO. The van der Waals surface area contributed by atoms with E-state index in [2.05, 4.69) is 16.8 Å². The van der Waals surface area contributed by atoms with Gasteiger partial charge in [0.15, 0.2) is 0 Å². The summed E-state index contributed by atoms with van der Waals surface area (Å²) in [5.41, 5.74) is 1.67. The first-order valence-corrected chi connectivity index (χ1v) is 4.17. The quantitative estimate of drug-likeness (QED) is 0.388. The highest BCUT2D eigenvalue weighted by Gasteiger charge is 1.99. The van der Waals surface area contributed by atoms with Crippen LogP contribution in [0.1, 0.15) is 17.5 Å². The van der Waals surface area contributed by atoms with Crippen LogP contribution >= 0.6 is 11.6 Å². The first-order valence-electron chi connectivity index (χ1n) is 3.79. The first-order chi connectivity index (χ1) is 6.25. The van der Waals surface area contributed by atoms with E-state index < -0.39 is 0 Å². The average Bonchev–Trinajstić information content (AvgIpc) is 2.10. The number of pyridine rings is 1. The molecule has 1 heterocycles. The van der Waals surface area contributed by atoms with Crippen molar-refractivity contribution >= 4 is 17.9 Å². The Labute approximate surface area is 81.9 Å². The number of nitrogens with zero attached hydrogens (tertiary/aromatic N) is 1. The van der Waals surface area contributed by atoms with Crippen molar-refractivity contribution in [2.24, 2.45) is 0 Å². The van der Waals surface area contributed by atoms with Gasteiger partial charge in [-0.05, 0) is 18.6 Å². The molecule has 0 N–H and O–H groups in total. The monoisotopic (exact) mass is 193 g/mol. The Morgan fingerprint density at radius 3 is 3.08 bits per heavy atom. The number of halogens is 1. The Hall–Kier alpha value is -1.33. The topological polar surface area (TPSA) is 30.0 Å². The highest BCUT2D eigenvalue weighted by atomic mass is 35.5.